The molecule has 5 rings (SSSR count). The van der Waals surface area contributed by atoms with E-state index in [0.717, 1.165) is 32.1 Å². The number of aliphatic hydroxyl groups excluding tert-OH is 1. The average Bonchev–Trinajstić information content (AvgIpc) is 3.59. The van der Waals surface area contributed by atoms with Gasteiger partial charge in [-0.05, 0) is 57.2 Å². The van der Waals surface area contributed by atoms with Gasteiger partial charge in [0.05, 0.1) is 11.1 Å². The van der Waals surface area contributed by atoms with Gasteiger partial charge in [-0.2, -0.15) is 4.98 Å². The second-order valence-electron chi connectivity index (χ2n) is 12.1. The predicted molar refractivity (Wildman–Crippen MR) is 171 cm³/mol. The van der Waals surface area contributed by atoms with Crippen molar-refractivity contribution in [2.45, 2.75) is 77.7 Å². The summed E-state index contributed by atoms with van der Waals surface area (Å²) in [7, 11) is 0. The molecule has 0 unspecified atom stereocenters. The Balaban J connectivity index is 1.20. The quantitative estimate of drug-likeness (QED) is 0.223. The summed E-state index contributed by atoms with van der Waals surface area (Å²) in [6, 6.07) is 3.32. The Labute approximate surface area is 267 Å². The van der Waals surface area contributed by atoms with E-state index in [9.17, 15) is 24.0 Å². The molecule has 46 heavy (non-hydrogen) atoms. The lowest BCUT2D eigenvalue weighted by Gasteiger charge is -2.34. The molecule has 0 aromatic carbocycles. The molecule has 0 spiro atoms. The molecule has 244 valence electrons. The number of aromatic nitrogens is 4. The van der Waals surface area contributed by atoms with Crippen LogP contribution in [0.5, 0.6) is 0 Å². The van der Waals surface area contributed by atoms with Crippen LogP contribution in [0.3, 0.4) is 0 Å². The third-order valence-corrected chi connectivity index (χ3v) is 8.94. The Bertz CT molecular complexity index is 1670. The van der Waals surface area contributed by atoms with Crippen LogP contribution in [-0.2, 0) is 9.59 Å². The molecule has 2 aliphatic rings. The van der Waals surface area contributed by atoms with Crippen molar-refractivity contribution in [2.24, 2.45) is 0 Å². The number of unbranched alkanes of at least 4 members (excludes halogenated alkanes) is 2. The second-order valence-corrected chi connectivity index (χ2v) is 12.1. The maximum atomic E-state index is 13.5. The number of piperazine rings is 1. The molecule has 13 nitrogen and oxygen atoms in total. The predicted octanol–water partition coefficient (Wildman–Crippen LogP) is 3.35. The van der Waals surface area contributed by atoms with Crippen molar-refractivity contribution in [2.75, 3.05) is 38.1 Å². The summed E-state index contributed by atoms with van der Waals surface area (Å²) in [5.41, 5.74) is 1.34. The highest BCUT2D eigenvalue weighted by atomic mass is 16.3. The van der Waals surface area contributed by atoms with E-state index < -0.39 is 6.61 Å². The minimum atomic E-state index is -0.435. The number of ketones is 2. The molecule has 1 saturated heterocycles. The number of aryl methyl sites for hydroxylation is 1. The van der Waals surface area contributed by atoms with Crippen molar-refractivity contribution in [3.63, 3.8) is 0 Å². The standard InChI is InChI=1S/C33H41N7O6/c1-21-26-19-35-33(37-30(26)40(24-8-6-7-9-24)32(46)29(21)22(2)42)36-27-13-12-23(18-34-27)31(45)39-16-14-38(15-17-39)28(44)11-5-3-4-10-25(43)20-41/h12-13,18-19,24,41H,3-11,14-17,20H2,1-2H3,(H,34,35,36,37). The number of rotatable bonds is 12. The Morgan fingerprint density at radius 3 is 2.28 bits per heavy atom. The molecular formula is C33H41N7O6. The Hall–Kier alpha value is -4.52. The van der Waals surface area contributed by atoms with Crippen LogP contribution in [0.1, 0.15) is 97.0 Å². The number of aliphatic hydroxyl groups is 1. The first kappa shape index (κ1) is 32.9. The van der Waals surface area contributed by atoms with Crippen LogP contribution < -0.4 is 10.9 Å². The van der Waals surface area contributed by atoms with Crippen molar-refractivity contribution in [3.05, 3.63) is 51.6 Å². The van der Waals surface area contributed by atoms with Crippen molar-refractivity contribution in [3.8, 4) is 0 Å². The summed E-state index contributed by atoms with van der Waals surface area (Å²) in [4.78, 5) is 79.7. The van der Waals surface area contributed by atoms with Gasteiger partial charge in [-0.25, -0.2) is 9.97 Å². The zero-order valence-electron chi connectivity index (χ0n) is 26.5. The van der Waals surface area contributed by atoms with E-state index in [-0.39, 0.29) is 46.5 Å². The molecule has 2 fully saturated rings. The molecule has 0 atom stereocenters. The lowest BCUT2D eigenvalue weighted by Crippen LogP contribution is -2.50. The fourth-order valence-corrected chi connectivity index (χ4v) is 6.37. The second kappa shape index (κ2) is 14.7. The Kier molecular flexibility index (Phi) is 10.5. The number of anilines is 2. The summed E-state index contributed by atoms with van der Waals surface area (Å²) in [5.74, 6) is 0.103. The summed E-state index contributed by atoms with van der Waals surface area (Å²) >= 11 is 0. The summed E-state index contributed by atoms with van der Waals surface area (Å²) in [6.07, 6.45) is 9.68. The topological polar surface area (TPSA) is 168 Å². The first-order valence-electron chi connectivity index (χ1n) is 16.0. The van der Waals surface area contributed by atoms with E-state index in [1.165, 1.54) is 13.1 Å². The zero-order valence-corrected chi connectivity index (χ0v) is 26.5. The molecule has 1 aliphatic carbocycles. The molecule has 13 heteroatoms. The molecule has 3 aromatic heterocycles. The molecule has 3 aromatic rings. The van der Waals surface area contributed by atoms with Crippen LogP contribution in [0.15, 0.2) is 29.3 Å². The first-order valence-corrected chi connectivity index (χ1v) is 16.0. The smallest absolute Gasteiger partial charge is 0.263 e. The van der Waals surface area contributed by atoms with Gasteiger partial charge in [-0.1, -0.05) is 19.3 Å². The van der Waals surface area contributed by atoms with Crippen molar-refractivity contribution in [1.29, 1.82) is 0 Å². The van der Waals surface area contributed by atoms with E-state index in [1.54, 1.807) is 39.6 Å². The van der Waals surface area contributed by atoms with Crippen LogP contribution in [-0.4, -0.2) is 90.6 Å². The highest BCUT2D eigenvalue weighted by Crippen LogP contribution is 2.32. The van der Waals surface area contributed by atoms with E-state index >= 15 is 0 Å². The van der Waals surface area contributed by atoms with Gasteiger partial charge in [0, 0.05) is 62.8 Å². The van der Waals surface area contributed by atoms with Gasteiger partial charge in [-0.15, -0.1) is 0 Å². The number of Topliss-reactive ketones (excluding diaryl/α,β-unsaturated/α-hetero) is 2. The van der Waals surface area contributed by atoms with Crippen molar-refractivity contribution >= 4 is 46.2 Å². The lowest BCUT2D eigenvalue weighted by atomic mass is 10.0. The maximum Gasteiger partial charge on any atom is 0.263 e. The number of amides is 2. The molecular weight excluding hydrogens is 590 g/mol. The monoisotopic (exact) mass is 631 g/mol. The van der Waals surface area contributed by atoms with Crippen LogP contribution in [0.2, 0.25) is 0 Å². The lowest BCUT2D eigenvalue weighted by molar-refractivity contribution is -0.132. The first-order chi connectivity index (χ1) is 22.2. The highest BCUT2D eigenvalue weighted by molar-refractivity contribution is 5.99. The van der Waals surface area contributed by atoms with Gasteiger partial charge in [0.1, 0.15) is 18.1 Å². The van der Waals surface area contributed by atoms with Crippen LogP contribution in [0.4, 0.5) is 11.8 Å². The van der Waals surface area contributed by atoms with Crippen molar-refractivity contribution < 1.29 is 24.3 Å². The number of nitrogens with zero attached hydrogens (tertiary/aromatic N) is 6. The number of fused-ring (bicyclic) bond motifs is 1. The molecule has 4 heterocycles. The van der Waals surface area contributed by atoms with Gasteiger partial charge >= 0.3 is 0 Å². The SMILES string of the molecule is CC(=O)c1c(C)c2cnc(Nc3ccc(C(=O)N4CCN(C(=O)CCCCCC(=O)CO)CC4)cn3)nc2n(C2CCCC2)c1=O. The molecule has 0 radical (unpaired) electrons. The number of hydrogen-bond acceptors (Lipinski definition) is 10. The number of carbonyl (C=O) groups is 4. The Morgan fingerprint density at radius 2 is 1.63 bits per heavy atom. The van der Waals surface area contributed by atoms with Crippen LogP contribution >= 0.6 is 0 Å². The van der Waals surface area contributed by atoms with E-state index in [2.05, 4.69) is 20.3 Å². The van der Waals surface area contributed by atoms with Gasteiger partial charge in [0.15, 0.2) is 11.6 Å². The van der Waals surface area contributed by atoms with Crippen LogP contribution in [0, 0.1) is 6.92 Å². The fraction of sp³-hybridized carbons (Fsp3) is 0.515. The zero-order chi connectivity index (χ0) is 32.8. The highest BCUT2D eigenvalue weighted by Gasteiger charge is 2.27. The number of hydrogen-bond donors (Lipinski definition) is 2. The number of pyridine rings is 2. The molecule has 0 bridgehead atoms. The molecule has 2 N–H and O–H groups in total. The third-order valence-electron chi connectivity index (χ3n) is 8.94. The maximum absolute atomic E-state index is 13.5. The van der Waals surface area contributed by atoms with Crippen molar-refractivity contribution in [1.82, 2.24) is 29.3 Å². The van der Waals surface area contributed by atoms with E-state index in [0.29, 0.717) is 79.8 Å². The van der Waals surface area contributed by atoms with Gasteiger partial charge in [-0.3, -0.25) is 28.5 Å². The number of carbonyl (C=O) groups excluding carboxylic acids is 4. The summed E-state index contributed by atoms with van der Waals surface area (Å²) < 4.78 is 1.66. The normalized spacial score (nSPS) is 15.4. The minimum absolute atomic E-state index is 0.0271. The summed E-state index contributed by atoms with van der Waals surface area (Å²) in [6.45, 7) is 4.49. The van der Waals surface area contributed by atoms with E-state index in [1.807, 2.05) is 0 Å². The van der Waals surface area contributed by atoms with E-state index in [4.69, 9.17) is 5.11 Å². The minimum Gasteiger partial charge on any atom is -0.389 e. The Morgan fingerprint density at radius 1 is 0.935 bits per heavy atom. The fourth-order valence-electron chi connectivity index (χ4n) is 6.37. The number of nitrogens with one attached hydrogen (secondary N) is 1. The average molecular weight is 632 g/mol. The molecule has 2 amide bonds. The van der Waals surface area contributed by atoms with Gasteiger partial charge < -0.3 is 20.2 Å². The van der Waals surface area contributed by atoms with Crippen LogP contribution in [0.25, 0.3) is 11.0 Å². The van der Waals surface area contributed by atoms with Gasteiger partial charge in [0.25, 0.3) is 11.5 Å². The van der Waals surface area contributed by atoms with Gasteiger partial charge in [0.2, 0.25) is 11.9 Å². The molecule has 1 aliphatic heterocycles. The third kappa shape index (κ3) is 7.30. The summed E-state index contributed by atoms with van der Waals surface area (Å²) in [5, 5.41) is 12.5. The molecule has 1 saturated carbocycles. The largest absolute Gasteiger partial charge is 0.389 e.